The summed E-state index contributed by atoms with van der Waals surface area (Å²) >= 11 is 0. The monoisotopic (exact) mass is 416 g/mol. The van der Waals surface area contributed by atoms with Gasteiger partial charge in [0.15, 0.2) is 5.96 Å². The molecule has 5 nitrogen and oxygen atoms in total. The van der Waals surface area contributed by atoms with Gasteiger partial charge in [-0.1, -0.05) is 12.2 Å². The molecule has 22 heavy (non-hydrogen) atoms. The fourth-order valence-electron chi connectivity index (χ4n) is 2.54. The highest BCUT2D eigenvalue weighted by Gasteiger charge is 2.13. The topological polar surface area (TPSA) is 58.5 Å². The van der Waals surface area contributed by atoms with Crippen molar-refractivity contribution in [2.45, 2.75) is 39.3 Å². The molecular weight excluding hydrogens is 391 g/mol. The highest BCUT2D eigenvalue weighted by Crippen LogP contribution is 2.23. The van der Waals surface area contributed by atoms with Crippen LogP contribution in [0.15, 0.2) is 23.3 Å². The average molecular weight is 416 g/mol. The highest BCUT2D eigenvalue weighted by molar-refractivity contribution is 14.0. The van der Waals surface area contributed by atoms with Crippen LogP contribution in [-0.2, 0) is 6.54 Å². The molecule has 0 bridgehead atoms. The molecule has 6 heteroatoms. The number of hydrogen-bond donors (Lipinski definition) is 2. The van der Waals surface area contributed by atoms with Gasteiger partial charge in [-0.05, 0) is 26.7 Å². The number of aromatic nitrogens is 1. The molecule has 1 heterocycles. The van der Waals surface area contributed by atoms with Gasteiger partial charge in [0, 0.05) is 30.4 Å². The molecule has 0 amide bonds. The van der Waals surface area contributed by atoms with Crippen molar-refractivity contribution in [3.8, 4) is 5.75 Å². The summed E-state index contributed by atoms with van der Waals surface area (Å²) in [6, 6.07) is 0.442. The van der Waals surface area contributed by atoms with Crippen LogP contribution in [0.2, 0.25) is 0 Å². The molecule has 1 aromatic rings. The number of halogens is 1. The Kier molecular flexibility index (Phi) is 7.64. The van der Waals surface area contributed by atoms with E-state index in [4.69, 9.17) is 4.74 Å². The molecule has 2 rings (SSSR count). The van der Waals surface area contributed by atoms with Gasteiger partial charge >= 0.3 is 0 Å². The summed E-state index contributed by atoms with van der Waals surface area (Å²) in [4.78, 5) is 8.75. The van der Waals surface area contributed by atoms with Crippen LogP contribution >= 0.6 is 24.0 Å². The summed E-state index contributed by atoms with van der Waals surface area (Å²) in [7, 11) is 3.48. The number of nitrogens with one attached hydrogen (secondary N) is 2. The summed E-state index contributed by atoms with van der Waals surface area (Å²) in [6.07, 6.45) is 8.34. The standard InChI is InChI=1S/C16H24N4O.HI/c1-11-9-18-14(12(2)15(11)21-4)10-19-16(17-3)20-13-7-5-6-8-13;/h5-6,9,13H,7-8,10H2,1-4H3,(H2,17,19,20);1H. The Bertz CT molecular complexity index is 549. The van der Waals surface area contributed by atoms with E-state index in [1.807, 2.05) is 20.0 Å². The Morgan fingerprint density at radius 2 is 2.05 bits per heavy atom. The molecule has 0 fully saturated rings. The van der Waals surface area contributed by atoms with Gasteiger partial charge in [0.25, 0.3) is 0 Å². The number of hydrogen-bond acceptors (Lipinski definition) is 3. The molecule has 122 valence electrons. The quantitative estimate of drug-likeness (QED) is 0.343. The second-order valence-electron chi connectivity index (χ2n) is 5.26. The Morgan fingerprint density at radius 1 is 1.36 bits per heavy atom. The minimum atomic E-state index is 0. The van der Waals surface area contributed by atoms with E-state index >= 15 is 0 Å². The molecule has 0 saturated heterocycles. The Balaban J connectivity index is 0.00000242. The van der Waals surface area contributed by atoms with Crippen LogP contribution in [0, 0.1) is 13.8 Å². The van der Waals surface area contributed by atoms with E-state index in [0.717, 1.165) is 41.4 Å². The van der Waals surface area contributed by atoms with Crippen LogP contribution in [-0.4, -0.2) is 31.1 Å². The summed E-state index contributed by atoms with van der Waals surface area (Å²) in [5.41, 5.74) is 3.10. The largest absolute Gasteiger partial charge is 0.496 e. The molecule has 0 saturated carbocycles. The molecule has 0 aliphatic heterocycles. The van der Waals surface area contributed by atoms with Crippen LogP contribution in [0.4, 0.5) is 0 Å². The van der Waals surface area contributed by atoms with E-state index in [1.54, 1.807) is 14.2 Å². The summed E-state index contributed by atoms with van der Waals surface area (Å²) in [6.45, 7) is 4.67. The minimum Gasteiger partial charge on any atom is -0.496 e. The molecule has 0 atom stereocenters. The van der Waals surface area contributed by atoms with Crippen molar-refractivity contribution in [2.75, 3.05) is 14.2 Å². The van der Waals surface area contributed by atoms with E-state index in [9.17, 15) is 0 Å². The first-order chi connectivity index (χ1) is 10.2. The predicted octanol–water partition coefficient (Wildman–Crippen LogP) is 2.71. The first kappa shape index (κ1) is 18.7. The van der Waals surface area contributed by atoms with Crippen molar-refractivity contribution in [1.29, 1.82) is 0 Å². The van der Waals surface area contributed by atoms with Gasteiger partial charge in [-0.25, -0.2) is 0 Å². The van der Waals surface area contributed by atoms with E-state index in [-0.39, 0.29) is 24.0 Å². The number of nitrogens with zero attached hydrogens (tertiary/aromatic N) is 2. The lowest BCUT2D eigenvalue weighted by Gasteiger charge is -2.18. The molecule has 2 N–H and O–H groups in total. The summed E-state index contributed by atoms with van der Waals surface area (Å²) < 4.78 is 5.44. The fourth-order valence-corrected chi connectivity index (χ4v) is 2.54. The number of guanidine groups is 1. The normalized spacial score (nSPS) is 14.6. The van der Waals surface area contributed by atoms with E-state index in [0.29, 0.717) is 12.6 Å². The lowest BCUT2D eigenvalue weighted by atomic mass is 10.1. The molecule has 0 unspecified atom stereocenters. The van der Waals surface area contributed by atoms with Gasteiger partial charge in [-0.3, -0.25) is 9.98 Å². The second-order valence-corrected chi connectivity index (χ2v) is 5.26. The van der Waals surface area contributed by atoms with Crippen LogP contribution in [0.25, 0.3) is 0 Å². The molecule has 0 radical (unpaired) electrons. The van der Waals surface area contributed by atoms with E-state index in [2.05, 4.69) is 32.8 Å². The third kappa shape index (κ3) is 4.59. The van der Waals surface area contributed by atoms with Gasteiger partial charge in [0.05, 0.1) is 19.3 Å². The number of aryl methyl sites for hydroxylation is 1. The average Bonchev–Trinajstić information content (AvgIpc) is 2.98. The number of aliphatic imine (C=N–C) groups is 1. The van der Waals surface area contributed by atoms with Crippen LogP contribution in [0.5, 0.6) is 5.75 Å². The first-order valence-corrected chi connectivity index (χ1v) is 7.27. The molecule has 1 aliphatic carbocycles. The van der Waals surface area contributed by atoms with Gasteiger partial charge in [-0.2, -0.15) is 0 Å². The van der Waals surface area contributed by atoms with Gasteiger partial charge < -0.3 is 15.4 Å². The summed E-state index contributed by atoms with van der Waals surface area (Å²) in [5.74, 6) is 1.72. The van der Waals surface area contributed by atoms with E-state index < -0.39 is 0 Å². The second kappa shape index (κ2) is 8.97. The maximum Gasteiger partial charge on any atom is 0.191 e. The third-order valence-electron chi connectivity index (χ3n) is 3.75. The number of pyridine rings is 1. The maximum atomic E-state index is 5.44. The van der Waals surface area contributed by atoms with Crippen molar-refractivity contribution in [3.05, 3.63) is 35.2 Å². The van der Waals surface area contributed by atoms with Crippen molar-refractivity contribution in [1.82, 2.24) is 15.6 Å². The van der Waals surface area contributed by atoms with Crippen molar-refractivity contribution < 1.29 is 4.74 Å². The zero-order valence-electron chi connectivity index (χ0n) is 13.6. The lowest BCUT2D eigenvalue weighted by Crippen LogP contribution is -2.42. The number of rotatable bonds is 4. The molecule has 0 spiro atoms. The third-order valence-corrected chi connectivity index (χ3v) is 3.75. The van der Waals surface area contributed by atoms with Gasteiger partial charge in [-0.15, -0.1) is 24.0 Å². The molecule has 1 aliphatic rings. The van der Waals surface area contributed by atoms with Crippen molar-refractivity contribution >= 4 is 29.9 Å². The van der Waals surface area contributed by atoms with Gasteiger partial charge in [0.1, 0.15) is 5.75 Å². The predicted molar refractivity (Wildman–Crippen MR) is 101 cm³/mol. The van der Waals surface area contributed by atoms with Crippen LogP contribution in [0.1, 0.15) is 29.7 Å². The molecular formula is C16H25IN4O. The maximum absolute atomic E-state index is 5.44. The smallest absolute Gasteiger partial charge is 0.191 e. The zero-order chi connectivity index (χ0) is 15.2. The summed E-state index contributed by atoms with van der Waals surface area (Å²) in [5, 5.41) is 6.73. The Morgan fingerprint density at radius 3 is 2.64 bits per heavy atom. The highest BCUT2D eigenvalue weighted by atomic mass is 127. The molecule has 0 aromatic carbocycles. The molecule has 1 aromatic heterocycles. The van der Waals surface area contributed by atoms with Crippen molar-refractivity contribution in [3.63, 3.8) is 0 Å². The lowest BCUT2D eigenvalue weighted by molar-refractivity contribution is 0.406. The minimum absolute atomic E-state index is 0. The Hall–Kier alpha value is -1.31. The van der Waals surface area contributed by atoms with E-state index in [1.165, 1.54) is 0 Å². The zero-order valence-corrected chi connectivity index (χ0v) is 16.0. The Labute approximate surface area is 149 Å². The fraction of sp³-hybridized carbons (Fsp3) is 0.500. The first-order valence-electron chi connectivity index (χ1n) is 7.27. The van der Waals surface area contributed by atoms with Crippen molar-refractivity contribution in [2.24, 2.45) is 4.99 Å². The van der Waals surface area contributed by atoms with Crippen LogP contribution in [0.3, 0.4) is 0 Å². The number of methoxy groups -OCH3 is 1. The SMILES string of the molecule is CN=C(NCc1ncc(C)c(OC)c1C)NC1CC=CC1.I. The number of ether oxygens (including phenoxy) is 1. The van der Waals surface area contributed by atoms with Gasteiger partial charge in [0.2, 0.25) is 0 Å². The van der Waals surface area contributed by atoms with Crippen LogP contribution < -0.4 is 15.4 Å².